The molecule has 0 bridgehead atoms. The molecule has 1 amide bonds. The molecule has 9 nitrogen and oxygen atoms in total. The Morgan fingerprint density at radius 1 is 1.22 bits per heavy atom. The van der Waals surface area contributed by atoms with Crippen LogP contribution in [0.1, 0.15) is 41.0 Å². The van der Waals surface area contributed by atoms with Crippen LogP contribution in [0.25, 0.3) is 10.8 Å². The summed E-state index contributed by atoms with van der Waals surface area (Å²) < 4.78 is 37.4. The third kappa shape index (κ3) is 6.65. The van der Waals surface area contributed by atoms with Gasteiger partial charge in [-0.05, 0) is 42.8 Å². The summed E-state index contributed by atoms with van der Waals surface area (Å²) in [6.07, 6.45) is 0.623. The molecule has 3 rings (SSSR count). The number of halogens is 1. The number of fused-ring (bicyclic) bond motifs is 1. The molecule has 12 heteroatoms. The summed E-state index contributed by atoms with van der Waals surface area (Å²) in [5, 5.41) is 12.1. The normalized spacial score (nSPS) is 17.9. The van der Waals surface area contributed by atoms with Crippen molar-refractivity contribution in [2.45, 2.75) is 76.7 Å². The summed E-state index contributed by atoms with van der Waals surface area (Å²) in [4.78, 5) is 24.6. The highest BCUT2D eigenvalue weighted by Gasteiger charge is 2.39. The van der Waals surface area contributed by atoms with E-state index in [1.165, 1.54) is 15.1 Å². The first-order valence-corrected chi connectivity index (χ1v) is 17.4. The largest absolute Gasteiger partial charge is 0.465 e. The van der Waals surface area contributed by atoms with E-state index in [9.17, 15) is 18.0 Å². The smallest absolute Gasteiger partial charge is 0.404 e. The second-order valence-corrected chi connectivity index (χ2v) is 19.8. The van der Waals surface area contributed by atoms with Crippen LogP contribution in [0.15, 0.2) is 38.6 Å². The van der Waals surface area contributed by atoms with E-state index in [0.717, 1.165) is 0 Å². The maximum absolute atomic E-state index is 13.8. The topological polar surface area (TPSA) is 118 Å². The van der Waals surface area contributed by atoms with Crippen molar-refractivity contribution in [1.29, 1.82) is 0 Å². The predicted octanol–water partition coefficient (Wildman–Crippen LogP) is 4.84. The number of nitrogens with one attached hydrogen (secondary N) is 1. The number of benzene rings is 1. The lowest BCUT2D eigenvalue weighted by molar-refractivity contribution is 0.145. The van der Waals surface area contributed by atoms with Crippen molar-refractivity contribution in [3.8, 4) is 0 Å². The quantitative estimate of drug-likeness (QED) is 0.410. The number of sulfonamides is 1. The molecule has 0 spiro atoms. The number of nitrogens with zero attached hydrogens (tertiary/aromatic N) is 2. The Bertz CT molecular complexity index is 1350. The first-order chi connectivity index (χ1) is 16.8. The zero-order valence-corrected chi connectivity index (χ0v) is 26.0. The van der Waals surface area contributed by atoms with Crippen molar-refractivity contribution in [2.24, 2.45) is 5.41 Å². The molecule has 1 fully saturated rings. The predicted molar refractivity (Wildman–Crippen MR) is 151 cm³/mol. The van der Waals surface area contributed by atoms with Crippen LogP contribution in [0, 0.1) is 5.41 Å². The Hall–Kier alpha value is -1.73. The van der Waals surface area contributed by atoms with Crippen molar-refractivity contribution >= 4 is 51.1 Å². The van der Waals surface area contributed by atoms with E-state index in [4.69, 9.17) is 9.53 Å². The van der Waals surface area contributed by atoms with Crippen LogP contribution >= 0.6 is 15.9 Å². The van der Waals surface area contributed by atoms with Crippen molar-refractivity contribution in [1.82, 2.24) is 14.2 Å². The molecule has 1 aliphatic heterocycles. The molecule has 206 valence electrons. The molecule has 37 heavy (non-hydrogen) atoms. The van der Waals surface area contributed by atoms with Gasteiger partial charge < -0.3 is 19.4 Å². The van der Waals surface area contributed by atoms with Gasteiger partial charge in [-0.15, -0.1) is 0 Å². The number of amides is 1. The minimum Gasteiger partial charge on any atom is -0.465 e. The zero-order valence-electron chi connectivity index (χ0n) is 22.6. The zero-order chi connectivity index (χ0) is 28.0. The van der Waals surface area contributed by atoms with Gasteiger partial charge in [0.05, 0.1) is 0 Å². The van der Waals surface area contributed by atoms with E-state index in [1.807, 2.05) is 13.8 Å². The fourth-order valence-corrected chi connectivity index (χ4v) is 7.38. The number of hydrogen-bond acceptors (Lipinski definition) is 5. The van der Waals surface area contributed by atoms with Crippen LogP contribution in [-0.2, 0) is 21.0 Å². The van der Waals surface area contributed by atoms with E-state index in [2.05, 4.69) is 55.1 Å². The highest BCUT2D eigenvalue weighted by atomic mass is 79.9. The molecule has 0 saturated carbocycles. The van der Waals surface area contributed by atoms with Gasteiger partial charge in [0.15, 0.2) is 8.32 Å². The van der Waals surface area contributed by atoms with Crippen molar-refractivity contribution in [3.63, 3.8) is 0 Å². The highest BCUT2D eigenvalue weighted by molar-refractivity contribution is 9.10. The molecular formula is C25H38BrN3O6SSi. The third-order valence-electron chi connectivity index (χ3n) is 7.34. The Labute approximate surface area is 228 Å². The lowest BCUT2D eigenvalue weighted by Crippen LogP contribution is -2.44. The molecule has 1 aromatic carbocycles. The highest BCUT2D eigenvalue weighted by Crippen LogP contribution is 2.38. The molecule has 1 atom stereocenters. The molecule has 1 aromatic heterocycles. The standard InChI is InChI=1S/C25H38BrN3O6SSi/c1-24(2,3)37(6,7)35-16-25(4,5)15-28-14-21(20-12-17(26)8-9-19(20)22(28)30)36(33,34)29-11-10-18(13-29)27-23(31)32/h8-9,12,14,18,27H,10-11,13,15-16H2,1-7H3,(H,31,32)/t18-/m0/s1. The second-order valence-electron chi connectivity index (χ2n) is 12.1. The van der Waals surface area contributed by atoms with Gasteiger partial charge in [-0.1, -0.05) is 50.5 Å². The number of aromatic nitrogens is 1. The number of carbonyl (C=O) groups is 1. The van der Waals surface area contributed by atoms with E-state index in [1.54, 1.807) is 18.2 Å². The molecule has 2 aromatic rings. The lowest BCUT2D eigenvalue weighted by atomic mass is 9.94. The molecule has 2 N–H and O–H groups in total. The van der Waals surface area contributed by atoms with Crippen LogP contribution in [0.3, 0.4) is 0 Å². The minimum absolute atomic E-state index is 0.0282. The molecule has 2 heterocycles. The number of carboxylic acid groups (broad SMARTS) is 1. The molecule has 1 aliphatic rings. The first kappa shape index (κ1) is 29.8. The fraction of sp³-hybridized carbons (Fsp3) is 0.600. The maximum atomic E-state index is 13.8. The molecule has 1 saturated heterocycles. The SMILES string of the molecule is CC(C)(CO[Si](C)(C)C(C)(C)C)Cn1cc(S(=O)(=O)N2CC[C@H](NC(=O)O)C2)c2cc(Br)ccc2c1=O. The second kappa shape index (κ2) is 10.4. The molecule has 0 aliphatic carbocycles. The summed E-state index contributed by atoms with van der Waals surface area (Å²) in [5.74, 6) is 0. The molecule has 0 radical (unpaired) electrons. The monoisotopic (exact) mass is 615 g/mol. The van der Waals surface area contributed by atoms with Gasteiger partial charge in [0.2, 0.25) is 10.0 Å². The van der Waals surface area contributed by atoms with Gasteiger partial charge >= 0.3 is 6.09 Å². The number of hydrogen-bond donors (Lipinski definition) is 2. The Morgan fingerprint density at radius 3 is 2.46 bits per heavy atom. The average molecular weight is 617 g/mol. The van der Waals surface area contributed by atoms with Gasteiger partial charge in [-0.3, -0.25) is 4.79 Å². The van der Waals surface area contributed by atoms with Crippen LogP contribution in [0.2, 0.25) is 18.1 Å². The van der Waals surface area contributed by atoms with Crippen LogP contribution in [0.4, 0.5) is 4.79 Å². The fourth-order valence-electron chi connectivity index (χ4n) is 4.13. The van der Waals surface area contributed by atoms with Crippen molar-refractivity contribution in [3.05, 3.63) is 39.2 Å². The van der Waals surface area contributed by atoms with E-state index >= 15 is 0 Å². The Morgan fingerprint density at radius 2 is 1.86 bits per heavy atom. The third-order valence-corrected chi connectivity index (χ3v) is 14.2. The van der Waals surface area contributed by atoms with Crippen LogP contribution in [0.5, 0.6) is 0 Å². The Balaban J connectivity index is 2.02. The summed E-state index contributed by atoms with van der Waals surface area (Å²) in [6.45, 7) is 15.8. The lowest BCUT2D eigenvalue weighted by Gasteiger charge is -2.39. The summed E-state index contributed by atoms with van der Waals surface area (Å²) in [5.41, 5.74) is -0.707. The van der Waals surface area contributed by atoms with Gasteiger partial charge in [0.1, 0.15) is 4.90 Å². The number of rotatable bonds is 8. The molecule has 0 unspecified atom stereocenters. The van der Waals surface area contributed by atoms with Gasteiger partial charge in [0.25, 0.3) is 5.56 Å². The van der Waals surface area contributed by atoms with Crippen LogP contribution in [-0.4, -0.2) is 62.5 Å². The maximum Gasteiger partial charge on any atom is 0.404 e. The van der Waals surface area contributed by atoms with Crippen molar-refractivity contribution in [2.75, 3.05) is 19.7 Å². The van der Waals surface area contributed by atoms with E-state index < -0.39 is 35.9 Å². The minimum atomic E-state index is -4.01. The summed E-state index contributed by atoms with van der Waals surface area (Å²) in [6, 6.07) is 4.51. The number of pyridine rings is 1. The Kier molecular flexibility index (Phi) is 8.41. The summed E-state index contributed by atoms with van der Waals surface area (Å²) >= 11 is 3.40. The van der Waals surface area contributed by atoms with Crippen molar-refractivity contribution < 1.29 is 22.7 Å². The first-order valence-electron chi connectivity index (χ1n) is 12.3. The van der Waals surface area contributed by atoms with E-state index in [-0.39, 0.29) is 35.1 Å². The van der Waals surface area contributed by atoms with E-state index in [0.29, 0.717) is 28.3 Å². The average Bonchev–Trinajstić information content (AvgIpc) is 3.22. The van der Waals surface area contributed by atoms with Gasteiger partial charge in [-0.2, -0.15) is 4.31 Å². The van der Waals surface area contributed by atoms with Gasteiger partial charge in [-0.25, -0.2) is 13.2 Å². The molecular weight excluding hydrogens is 578 g/mol. The van der Waals surface area contributed by atoms with Crippen LogP contribution < -0.4 is 10.9 Å². The van der Waals surface area contributed by atoms with Gasteiger partial charge in [0, 0.05) is 59.1 Å². The summed E-state index contributed by atoms with van der Waals surface area (Å²) in [7, 11) is -6.02.